The van der Waals surface area contributed by atoms with E-state index >= 15 is 0 Å². The minimum absolute atomic E-state index is 0.153. The van der Waals surface area contributed by atoms with Crippen molar-refractivity contribution in [2.45, 2.75) is 26.7 Å². The van der Waals surface area contributed by atoms with E-state index in [9.17, 15) is 4.79 Å². The van der Waals surface area contributed by atoms with Gasteiger partial charge in [-0.05, 0) is 26.8 Å². The third-order valence-corrected chi connectivity index (χ3v) is 2.63. The highest BCUT2D eigenvalue weighted by atomic mass is 16.2. The fraction of sp³-hybridized carbons (Fsp3) is 0.727. The van der Waals surface area contributed by atoms with Gasteiger partial charge in [-0.1, -0.05) is 0 Å². The highest BCUT2D eigenvalue weighted by Gasteiger charge is 2.35. The molecule has 3 nitrogen and oxygen atoms in total. The maximum absolute atomic E-state index is 11.7. The molecule has 1 unspecified atom stereocenters. The summed E-state index contributed by atoms with van der Waals surface area (Å²) >= 11 is 0. The second kappa shape index (κ2) is 5.02. The molecular weight excluding hydrogens is 176 g/mol. The van der Waals surface area contributed by atoms with Crippen molar-refractivity contribution in [2.75, 3.05) is 19.6 Å². The van der Waals surface area contributed by atoms with Crippen molar-refractivity contribution in [3.8, 4) is 11.8 Å². The predicted octanol–water partition coefficient (Wildman–Crippen LogP) is 0.516. The van der Waals surface area contributed by atoms with Gasteiger partial charge in [0.15, 0.2) is 0 Å². The van der Waals surface area contributed by atoms with Crippen molar-refractivity contribution in [1.82, 2.24) is 10.6 Å². The van der Waals surface area contributed by atoms with Gasteiger partial charge in [0.05, 0.1) is 5.41 Å². The summed E-state index contributed by atoms with van der Waals surface area (Å²) in [7, 11) is 0. The van der Waals surface area contributed by atoms with Crippen LogP contribution >= 0.6 is 0 Å². The number of hydrogen-bond acceptors (Lipinski definition) is 2. The quantitative estimate of drug-likeness (QED) is 0.508. The Bertz CT molecular complexity index is 256. The fourth-order valence-electron chi connectivity index (χ4n) is 1.59. The molecule has 14 heavy (non-hydrogen) atoms. The van der Waals surface area contributed by atoms with E-state index < -0.39 is 0 Å². The predicted molar refractivity (Wildman–Crippen MR) is 56.7 cm³/mol. The van der Waals surface area contributed by atoms with Gasteiger partial charge < -0.3 is 10.6 Å². The lowest BCUT2D eigenvalue weighted by molar-refractivity contribution is -0.129. The molecule has 2 N–H and O–H groups in total. The third-order valence-electron chi connectivity index (χ3n) is 2.63. The van der Waals surface area contributed by atoms with Gasteiger partial charge in [0, 0.05) is 19.5 Å². The summed E-state index contributed by atoms with van der Waals surface area (Å²) in [6, 6.07) is 0. The van der Waals surface area contributed by atoms with Crippen LogP contribution in [0.2, 0.25) is 0 Å². The monoisotopic (exact) mass is 194 g/mol. The molecule has 0 aliphatic carbocycles. The lowest BCUT2D eigenvalue weighted by atomic mass is 9.89. The number of carbonyl (C=O) groups excluding carboxylic acids is 1. The van der Waals surface area contributed by atoms with Crippen molar-refractivity contribution >= 4 is 5.91 Å². The van der Waals surface area contributed by atoms with Crippen LogP contribution in [-0.2, 0) is 4.79 Å². The Labute approximate surface area is 85.6 Å². The van der Waals surface area contributed by atoms with Crippen LogP contribution in [0.5, 0.6) is 0 Å². The van der Waals surface area contributed by atoms with Crippen molar-refractivity contribution in [1.29, 1.82) is 0 Å². The largest absolute Gasteiger partial charge is 0.355 e. The normalized spacial score (nSPS) is 25.3. The van der Waals surface area contributed by atoms with Gasteiger partial charge in [0.25, 0.3) is 0 Å². The highest BCUT2D eigenvalue weighted by Crippen LogP contribution is 2.24. The summed E-state index contributed by atoms with van der Waals surface area (Å²) < 4.78 is 0. The van der Waals surface area contributed by atoms with E-state index in [1.807, 2.05) is 13.8 Å². The molecule has 1 atom stereocenters. The van der Waals surface area contributed by atoms with Gasteiger partial charge in [-0.3, -0.25) is 4.79 Å². The molecule has 1 amide bonds. The van der Waals surface area contributed by atoms with Crippen molar-refractivity contribution in [2.24, 2.45) is 5.41 Å². The van der Waals surface area contributed by atoms with E-state index in [-0.39, 0.29) is 11.3 Å². The maximum atomic E-state index is 11.7. The van der Waals surface area contributed by atoms with Crippen LogP contribution in [0.25, 0.3) is 0 Å². The molecule has 1 fully saturated rings. The molecule has 78 valence electrons. The topological polar surface area (TPSA) is 41.1 Å². The highest BCUT2D eigenvalue weighted by molar-refractivity contribution is 5.82. The zero-order chi connectivity index (χ0) is 10.4. The Morgan fingerprint density at radius 2 is 2.43 bits per heavy atom. The first-order valence-corrected chi connectivity index (χ1v) is 5.08. The second-order valence-electron chi connectivity index (χ2n) is 3.92. The number of rotatable bonds is 3. The first kappa shape index (κ1) is 11.1. The van der Waals surface area contributed by atoms with Gasteiger partial charge in [0.2, 0.25) is 5.91 Å². The Balaban J connectivity index is 2.29. The molecule has 1 saturated heterocycles. The van der Waals surface area contributed by atoms with Gasteiger partial charge in [0.1, 0.15) is 0 Å². The van der Waals surface area contributed by atoms with E-state index in [2.05, 4.69) is 22.5 Å². The van der Waals surface area contributed by atoms with Crippen LogP contribution in [0, 0.1) is 17.3 Å². The third kappa shape index (κ3) is 2.74. The minimum Gasteiger partial charge on any atom is -0.355 e. The van der Waals surface area contributed by atoms with Gasteiger partial charge in [-0.2, -0.15) is 0 Å². The molecule has 0 radical (unpaired) electrons. The number of hydrogen-bond donors (Lipinski definition) is 2. The van der Waals surface area contributed by atoms with Gasteiger partial charge in [-0.15, -0.1) is 11.8 Å². The van der Waals surface area contributed by atoms with E-state index in [1.165, 1.54) is 0 Å². The molecular formula is C11H18N2O. The van der Waals surface area contributed by atoms with E-state index in [0.717, 1.165) is 25.9 Å². The molecule has 3 heteroatoms. The van der Waals surface area contributed by atoms with Crippen LogP contribution < -0.4 is 10.6 Å². The lowest BCUT2D eigenvalue weighted by Gasteiger charge is -2.20. The maximum Gasteiger partial charge on any atom is 0.227 e. The first-order chi connectivity index (χ1) is 6.69. The van der Waals surface area contributed by atoms with Crippen LogP contribution in [0.3, 0.4) is 0 Å². The Hall–Kier alpha value is -1.01. The first-order valence-electron chi connectivity index (χ1n) is 5.08. The second-order valence-corrected chi connectivity index (χ2v) is 3.92. The SMILES string of the molecule is CC#CCCNC(=O)C1(C)CCNC1. The molecule has 1 rings (SSSR count). The summed E-state index contributed by atoms with van der Waals surface area (Å²) in [5.41, 5.74) is -0.209. The van der Waals surface area contributed by atoms with Crippen molar-refractivity contribution in [3.05, 3.63) is 0 Å². The Morgan fingerprint density at radius 1 is 1.64 bits per heavy atom. The summed E-state index contributed by atoms with van der Waals surface area (Å²) in [6.07, 6.45) is 1.67. The standard InChI is InChI=1S/C11H18N2O/c1-3-4-5-7-13-10(14)11(2)6-8-12-9-11/h12H,5-9H2,1-2H3,(H,13,14). The van der Waals surface area contributed by atoms with E-state index in [4.69, 9.17) is 0 Å². The Kier molecular flexibility index (Phi) is 3.97. The summed E-state index contributed by atoms with van der Waals surface area (Å²) in [5.74, 6) is 5.89. The number of amides is 1. The molecule has 0 aromatic rings. The fourth-order valence-corrected chi connectivity index (χ4v) is 1.59. The lowest BCUT2D eigenvalue weighted by Crippen LogP contribution is -2.40. The van der Waals surface area contributed by atoms with E-state index in [1.54, 1.807) is 0 Å². The smallest absolute Gasteiger partial charge is 0.227 e. The number of carbonyl (C=O) groups is 1. The van der Waals surface area contributed by atoms with Crippen LogP contribution in [-0.4, -0.2) is 25.5 Å². The molecule has 0 saturated carbocycles. The molecule has 1 aliphatic rings. The molecule has 1 aliphatic heterocycles. The molecule has 0 aromatic carbocycles. The van der Waals surface area contributed by atoms with Gasteiger partial charge >= 0.3 is 0 Å². The van der Waals surface area contributed by atoms with E-state index in [0.29, 0.717) is 6.54 Å². The molecule has 0 spiro atoms. The van der Waals surface area contributed by atoms with Crippen LogP contribution in [0.4, 0.5) is 0 Å². The van der Waals surface area contributed by atoms with Gasteiger partial charge in [-0.25, -0.2) is 0 Å². The van der Waals surface area contributed by atoms with Crippen molar-refractivity contribution in [3.63, 3.8) is 0 Å². The zero-order valence-electron chi connectivity index (χ0n) is 8.94. The van der Waals surface area contributed by atoms with Crippen LogP contribution in [0.1, 0.15) is 26.7 Å². The van der Waals surface area contributed by atoms with Crippen LogP contribution in [0.15, 0.2) is 0 Å². The summed E-state index contributed by atoms with van der Waals surface area (Å²) in [5, 5.41) is 6.12. The average molecular weight is 194 g/mol. The summed E-state index contributed by atoms with van der Waals surface area (Å²) in [4.78, 5) is 11.7. The summed E-state index contributed by atoms with van der Waals surface area (Å²) in [6.45, 7) is 6.21. The number of nitrogens with one attached hydrogen (secondary N) is 2. The molecule has 1 heterocycles. The minimum atomic E-state index is -0.209. The van der Waals surface area contributed by atoms with Crippen molar-refractivity contribution < 1.29 is 4.79 Å². The molecule has 0 aromatic heterocycles. The zero-order valence-corrected chi connectivity index (χ0v) is 8.94. The average Bonchev–Trinajstić information content (AvgIpc) is 2.61. The Morgan fingerprint density at radius 3 is 3.00 bits per heavy atom. The molecule has 0 bridgehead atoms.